The molecule has 0 atom stereocenters. The van der Waals surface area contributed by atoms with Gasteiger partial charge in [0.15, 0.2) is 11.1 Å². The average molecular weight is 324 g/mol. The Morgan fingerprint density at radius 3 is 2.29 bits per heavy atom. The number of aromatic nitrogens is 4. The van der Waals surface area contributed by atoms with Crippen LogP contribution in [0, 0.1) is 5.41 Å². The van der Waals surface area contributed by atoms with E-state index >= 15 is 0 Å². The smallest absolute Gasteiger partial charge is 0.173 e. The van der Waals surface area contributed by atoms with Gasteiger partial charge in [0.2, 0.25) is 0 Å². The molecule has 3 rings (SSSR count). The van der Waals surface area contributed by atoms with Gasteiger partial charge in [-0.15, -0.1) is 0 Å². The molecule has 24 heavy (non-hydrogen) atoms. The minimum absolute atomic E-state index is 0. The molecule has 1 aromatic carbocycles. The molecule has 3 aromatic rings. The number of nitrogens with one attached hydrogen (secondary N) is 2. The molecule has 0 bridgehead atoms. The van der Waals surface area contributed by atoms with Crippen molar-refractivity contribution in [1.82, 2.24) is 19.5 Å². The highest BCUT2D eigenvalue weighted by atomic mass is 15.1. The maximum atomic E-state index is 7.83. The zero-order valence-corrected chi connectivity index (χ0v) is 15.3. The number of aromatic amines is 1. The molecular formula is C18H27BN5. The van der Waals surface area contributed by atoms with Crippen LogP contribution in [0.4, 0.5) is 0 Å². The van der Waals surface area contributed by atoms with Gasteiger partial charge in [-0.3, -0.25) is 5.41 Å². The molecule has 0 aliphatic carbocycles. The molecule has 0 fully saturated rings. The van der Waals surface area contributed by atoms with Gasteiger partial charge in [-0.25, -0.2) is 9.97 Å². The van der Waals surface area contributed by atoms with Crippen molar-refractivity contribution in [2.45, 2.75) is 47.6 Å². The summed E-state index contributed by atoms with van der Waals surface area (Å²) < 4.78 is 1.97. The average Bonchev–Trinajstić information content (AvgIpc) is 3.07. The standard InChI is InChI=1S/C14H15N5.2C2H6.B/c1-2-11-17-12-13(15)16-9-19(14(12)18-11)8-10-6-4-3-5-7-10;2*1-2;/h3-7,9,15H,2,8H2,1H3,(H,17,18);2*1-2H3;. The fourth-order valence-electron chi connectivity index (χ4n) is 2.09. The highest BCUT2D eigenvalue weighted by molar-refractivity contribution is 5.75. The van der Waals surface area contributed by atoms with Crippen LogP contribution >= 0.6 is 0 Å². The number of aryl methyl sites for hydroxylation is 1. The molecule has 0 spiro atoms. The van der Waals surface area contributed by atoms with Crippen molar-refractivity contribution >= 4 is 19.6 Å². The number of nitrogens with zero attached hydrogens (tertiary/aromatic N) is 3. The highest BCUT2D eigenvalue weighted by Crippen LogP contribution is 2.10. The monoisotopic (exact) mass is 324 g/mol. The molecule has 2 aromatic heterocycles. The molecule has 0 unspecified atom stereocenters. The zero-order chi connectivity index (χ0) is 17.2. The molecule has 6 heteroatoms. The van der Waals surface area contributed by atoms with Gasteiger partial charge in [0, 0.05) is 14.8 Å². The summed E-state index contributed by atoms with van der Waals surface area (Å²) in [5, 5.41) is 7.83. The first kappa shape index (κ1) is 21.6. The van der Waals surface area contributed by atoms with Crippen LogP contribution in [-0.4, -0.2) is 27.9 Å². The van der Waals surface area contributed by atoms with Crippen LogP contribution < -0.4 is 5.49 Å². The number of hydrogen-bond donors (Lipinski definition) is 2. The highest BCUT2D eigenvalue weighted by Gasteiger charge is 2.08. The first-order valence-electron chi connectivity index (χ1n) is 8.30. The predicted molar refractivity (Wildman–Crippen MR) is 101 cm³/mol. The van der Waals surface area contributed by atoms with E-state index in [4.69, 9.17) is 5.41 Å². The molecular weight excluding hydrogens is 297 g/mol. The van der Waals surface area contributed by atoms with Gasteiger partial charge < -0.3 is 9.55 Å². The van der Waals surface area contributed by atoms with Gasteiger partial charge in [-0.2, -0.15) is 0 Å². The van der Waals surface area contributed by atoms with Gasteiger partial charge >= 0.3 is 0 Å². The lowest BCUT2D eigenvalue weighted by atomic mass is 10.2. The summed E-state index contributed by atoms with van der Waals surface area (Å²) in [6.07, 6.45) is 2.50. The molecule has 0 saturated heterocycles. The van der Waals surface area contributed by atoms with Gasteiger partial charge in [-0.1, -0.05) is 65.0 Å². The summed E-state index contributed by atoms with van der Waals surface area (Å²) in [6, 6.07) is 10.2. The third kappa shape index (κ3) is 5.08. The number of rotatable bonds is 3. The SMILES string of the molecule is CC.CC.CCc1nc2c([nH]1)c(=N)ncn2Cc1ccccc1.[B]. The van der Waals surface area contributed by atoms with Crippen molar-refractivity contribution < 1.29 is 0 Å². The normalized spacial score (nSPS) is 9.21. The molecule has 0 aliphatic rings. The maximum absolute atomic E-state index is 7.83. The van der Waals surface area contributed by atoms with E-state index in [9.17, 15) is 0 Å². The maximum Gasteiger partial charge on any atom is 0.173 e. The van der Waals surface area contributed by atoms with Crippen LogP contribution in [-0.2, 0) is 13.0 Å². The minimum Gasteiger partial charge on any atom is -0.338 e. The topological polar surface area (TPSA) is 70.3 Å². The largest absolute Gasteiger partial charge is 0.338 e. The van der Waals surface area contributed by atoms with E-state index in [1.165, 1.54) is 5.56 Å². The Morgan fingerprint density at radius 1 is 1.08 bits per heavy atom. The van der Waals surface area contributed by atoms with E-state index in [2.05, 4.69) is 27.1 Å². The second kappa shape index (κ2) is 11.2. The molecule has 0 aliphatic heterocycles. The van der Waals surface area contributed by atoms with E-state index in [1.807, 2.05) is 57.4 Å². The Balaban J connectivity index is 0.000000987. The van der Waals surface area contributed by atoms with Crippen LogP contribution in [0.5, 0.6) is 0 Å². The third-order valence-corrected chi connectivity index (χ3v) is 3.10. The van der Waals surface area contributed by atoms with Crippen LogP contribution in [0.1, 0.15) is 46.0 Å². The molecule has 3 radical (unpaired) electrons. The van der Waals surface area contributed by atoms with Crippen molar-refractivity contribution in [2.75, 3.05) is 0 Å². The quantitative estimate of drug-likeness (QED) is 0.724. The predicted octanol–water partition coefficient (Wildman–Crippen LogP) is 3.52. The van der Waals surface area contributed by atoms with E-state index in [-0.39, 0.29) is 13.9 Å². The van der Waals surface area contributed by atoms with E-state index in [0.717, 1.165) is 17.9 Å². The van der Waals surface area contributed by atoms with Gasteiger partial charge in [0.05, 0.1) is 12.9 Å². The lowest BCUT2D eigenvalue weighted by molar-refractivity contribution is 0.782. The Labute approximate surface area is 146 Å². The number of H-pyrrole nitrogens is 1. The molecule has 2 N–H and O–H groups in total. The summed E-state index contributed by atoms with van der Waals surface area (Å²) >= 11 is 0. The molecule has 0 saturated carbocycles. The second-order valence-corrected chi connectivity index (χ2v) is 4.44. The minimum atomic E-state index is 0. The van der Waals surface area contributed by atoms with Crippen molar-refractivity contribution in [3.8, 4) is 0 Å². The van der Waals surface area contributed by atoms with Gasteiger partial charge in [0.1, 0.15) is 11.3 Å². The number of fused-ring (bicyclic) bond motifs is 1. The molecule has 127 valence electrons. The molecule has 5 nitrogen and oxygen atoms in total. The summed E-state index contributed by atoms with van der Waals surface area (Å²) in [5.74, 6) is 0.887. The van der Waals surface area contributed by atoms with E-state index in [1.54, 1.807) is 6.33 Å². The fourth-order valence-corrected chi connectivity index (χ4v) is 2.09. The summed E-state index contributed by atoms with van der Waals surface area (Å²) in [7, 11) is 0. The summed E-state index contributed by atoms with van der Waals surface area (Å²) in [6.45, 7) is 10.7. The lowest BCUT2D eigenvalue weighted by Crippen LogP contribution is -2.13. The second-order valence-electron chi connectivity index (χ2n) is 4.44. The number of imidazole rings is 1. The van der Waals surface area contributed by atoms with Gasteiger partial charge in [-0.05, 0) is 5.56 Å². The Morgan fingerprint density at radius 2 is 1.71 bits per heavy atom. The zero-order valence-electron chi connectivity index (χ0n) is 15.3. The van der Waals surface area contributed by atoms with Crippen molar-refractivity contribution in [3.63, 3.8) is 0 Å². The van der Waals surface area contributed by atoms with Crippen LogP contribution in [0.2, 0.25) is 0 Å². The van der Waals surface area contributed by atoms with E-state index < -0.39 is 0 Å². The summed E-state index contributed by atoms with van der Waals surface area (Å²) in [5.41, 5.74) is 2.93. The van der Waals surface area contributed by atoms with E-state index in [0.29, 0.717) is 12.1 Å². The van der Waals surface area contributed by atoms with Crippen LogP contribution in [0.15, 0.2) is 36.7 Å². The Bertz CT molecular complexity index is 762. The molecule has 2 heterocycles. The Kier molecular flexibility index (Phi) is 10.1. The molecule has 0 amide bonds. The van der Waals surface area contributed by atoms with Crippen LogP contribution in [0.25, 0.3) is 11.2 Å². The first-order chi connectivity index (χ1) is 11.3. The number of benzene rings is 1. The van der Waals surface area contributed by atoms with Crippen molar-refractivity contribution in [3.05, 3.63) is 53.5 Å². The van der Waals surface area contributed by atoms with Crippen LogP contribution in [0.3, 0.4) is 0 Å². The summed E-state index contributed by atoms with van der Waals surface area (Å²) in [4.78, 5) is 11.8. The van der Waals surface area contributed by atoms with Crippen molar-refractivity contribution in [2.24, 2.45) is 0 Å². The third-order valence-electron chi connectivity index (χ3n) is 3.10. The van der Waals surface area contributed by atoms with Gasteiger partial charge in [0.25, 0.3) is 0 Å². The number of hydrogen-bond acceptors (Lipinski definition) is 3. The first-order valence-corrected chi connectivity index (χ1v) is 8.30. The van der Waals surface area contributed by atoms with Crippen molar-refractivity contribution in [1.29, 1.82) is 5.41 Å². The lowest BCUT2D eigenvalue weighted by Gasteiger charge is -2.06. The Hall–Kier alpha value is -2.37. The fraction of sp³-hybridized carbons (Fsp3) is 0.389.